The monoisotopic (exact) mass is 212 g/mol. The van der Waals surface area contributed by atoms with Crippen LogP contribution in [0.4, 0.5) is 0 Å². The Labute approximate surface area is 93.0 Å². The number of hydrogen-bond acceptors (Lipinski definition) is 2. The molecule has 1 N–H and O–H groups in total. The third kappa shape index (κ3) is 2.07. The molecule has 1 aliphatic carbocycles. The van der Waals surface area contributed by atoms with Gasteiger partial charge in [0.1, 0.15) is 0 Å². The molecule has 88 valence electrons. The van der Waals surface area contributed by atoms with Crippen molar-refractivity contribution in [1.82, 2.24) is 0 Å². The topological polar surface area (TPSA) is 29.5 Å². The van der Waals surface area contributed by atoms with E-state index in [1.165, 1.54) is 6.42 Å². The van der Waals surface area contributed by atoms with E-state index in [2.05, 4.69) is 34.6 Å². The van der Waals surface area contributed by atoms with E-state index in [4.69, 9.17) is 4.74 Å². The van der Waals surface area contributed by atoms with Crippen LogP contribution in [0.25, 0.3) is 0 Å². The summed E-state index contributed by atoms with van der Waals surface area (Å²) in [6.07, 6.45) is 2.00. The zero-order chi connectivity index (χ0) is 11.4. The summed E-state index contributed by atoms with van der Waals surface area (Å²) in [6, 6.07) is 0. The number of rotatable bonds is 2. The molecule has 2 fully saturated rings. The van der Waals surface area contributed by atoms with Gasteiger partial charge in [0.2, 0.25) is 0 Å². The Morgan fingerprint density at radius 3 is 2.13 bits per heavy atom. The molecule has 1 heterocycles. The summed E-state index contributed by atoms with van der Waals surface area (Å²) in [5, 5.41) is 10.3. The second-order valence-electron chi connectivity index (χ2n) is 6.64. The number of hydrogen-bond donors (Lipinski definition) is 1. The van der Waals surface area contributed by atoms with E-state index in [0.717, 1.165) is 6.42 Å². The molecule has 0 aromatic rings. The zero-order valence-electron chi connectivity index (χ0n) is 10.6. The van der Waals surface area contributed by atoms with Crippen molar-refractivity contribution in [3.8, 4) is 0 Å². The normalized spacial score (nSPS) is 44.0. The predicted octanol–water partition coefficient (Wildman–Crippen LogP) is 2.60. The minimum Gasteiger partial charge on any atom is -0.392 e. The van der Waals surface area contributed by atoms with Crippen LogP contribution < -0.4 is 0 Å². The van der Waals surface area contributed by atoms with Crippen molar-refractivity contribution in [3.63, 3.8) is 0 Å². The first-order chi connectivity index (χ1) is 6.73. The van der Waals surface area contributed by atoms with Crippen LogP contribution in [0.3, 0.4) is 0 Å². The maximum Gasteiger partial charge on any atom is 0.0687 e. The lowest BCUT2D eigenvalue weighted by Gasteiger charge is -2.30. The second kappa shape index (κ2) is 3.21. The molecule has 0 radical (unpaired) electrons. The van der Waals surface area contributed by atoms with Crippen LogP contribution >= 0.6 is 0 Å². The molecule has 15 heavy (non-hydrogen) atoms. The molecule has 4 atom stereocenters. The van der Waals surface area contributed by atoms with Gasteiger partial charge in [-0.2, -0.15) is 0 Å². The fourth-order valence-corrected chi connectivity index (χ4v) is 3.26. The first-order valence-electron chi connectivity index (χ1n) is 6.11. The highest BCUT2D eigenvalue weighted by Crippen LogP contribution is 2.51. The molecule has 2 heteroatoms. The van der Waals surface area contributed by atoms with Gasteiger partial charge in [-0.25, -0.2) is 0 Å². The largest absolute Gasteiger partial charge is 0.392 e. The third-order valence-corrected chi connectivity index (χ3v) is 4.17. The average molecular weight is 212 g/mol. The fourth-order valence-electron chi connectivity index (χ4n) is 3.26. The molecule has 0 bridgehead atoms. The summed E-state index contributed by atoms with van der Waals surface area (Å²) in [6.45, 7) is 10.7. The summed E-state index contributed by atoms with van der Waals surface area (Å²) in [5.41, 5.74) is -0.251. The summed E-state index contributed by atoms with van der Waals surface area (Å²) >= 11 is 0. The van der Waals surface area contributed by atoms with E-state index in [1.54, 1.807) is 0 Å². The van der Waals surface area contributed by atoms with Crippen molar-refractivity contribution in [1.29, 1.82) is 0 Å². The Balaban J connectivity index is 2.08. The van der Waals surface area contributed by atoms with E-state index in [1.807, 2.05) is 0 Å². The quantitative estimate of drug-likeness (QED) is 0.762. The lowest BCUT2D eigenvalue weighted by atomic mass is 9.81. The van der Waals surface area contributed by atoms with Gasteiger partial charge in [-0.15, -0.1) is 0 Å². The van der Waals surface area contributed by atoms with Crippen molar-refractivity contribution in [2.75, 3.05) is 0 Å². The second-order valence-corrected chi connectivity index (χ2v) is 6.64. The van der Waals surface area contributed by atoms with Crippen LogP contribution in [0.1, 0.15) is 47.5 Å². The van der Waals surface area contributed by atoms with Crippen LogP contribution in [0, 0.1) is 17.8 Å². The molecule has 0 spiro atoms. The van der Waals surface area contributed by atoms with Crippen LogP contribution in [0.15, 0.2) is 0 Å². The SMILES string of the molecule is CC1CC1C(O)C1CC(C)(C)OC1(C)C. The summed E-state index contributed by atoms with van der Waals surface area (Å²) < 4.78 is 6.02. The Kier molecular flexibility index (Phi) is 2.44. The minimum atomic E-state index is -0.175. The van der Waals surface area contributed by atoms with Gasteiger partial charge in [0.25, 0.3) is 0 Å². The predicted molar refractivity (Wildman–Crippen MR) is 60.6 cm³/mol. The highest BCUT2D eigenvalue weighted by molar-refractivity contribution is 5.02. The van der Waals surface area contributed by atoms with Crippen LogP contribution in [-0.4, -0.2) is 22.4 Å². The van der Waals surface area contributed by atoms with Crippen molar-refractivity contribution in [2.24, 2.45) is 17.8 Å². The van der Waals surface area contributed by atoms with Gasteiger partial charge in [0.05, 0.1) is 17.3 Å². The molecular weight excluding hydrogens is 188 g/mol. The summed E-state index contributed by atoms with van der Waals surface area (Å²) in [7, 11) is 0. The molecule has 1 saturated heterocycles. The van der Waals surface area contributed by atoms with Crippen LogP contribution in [-0.2, 0) is 4.74 Å². The van der Waals surface area contributed by atoms with E-state index >= 15 is 0 Å². The van der Waals surface area contributed by atoms with Gasteiger partial charge in [-0.1, -0.05) is 6.92 Å². The van der Waals surface area contributed by atoms with Crippen molar-refractivity contribution >= 4 is 0 Å². The van der Waals surface area contributed by atoms with Crippen molar-refractivity contribution in [2.45, 2.75) is 64.8 Å². The molecule has 0 aromatic heterocycles. The van der Waals surface area contributed by atoms with E-state index in [9.17, 15) is 5.11 Å². The number of aliphatic hydroxyl groups excluding tert-OH is 1. The standard InChI is InChI=1S/C13H24O2/c1-8-6-9(8)11(14)10-7-12(2,3)15-13(10,4)5/h8-11,14H,6-7H2,1-5H3. The van der Waals surface area contributed by atoms with Crippen LogP contribution in [0.2, 0.25) is 0 Å². The first kappa shape index (κ1) is 11.4. The smallest absolute Gasteiger partial charge is 0.0687 e. The number of aliphatic hydroxyl groups is 1. The molecule has 0 aromatic carbocycles. The van der Waals surface area contributed by atoms with Gasteiger partial charge < -0.3 is 9.84 Å². The Bertz CT molecular complexity index is 257. The highest BCUT2D eigenvalue weighted by Gasteiger charge is 2.53. The van der Waals surface area contributed by atoms with E-state index in [-0.39, 0.29) is 17.3 Å². The number of ether oxygens (including phenoxy) is 1. The van der Waals surface area contributed by atoms with Gasteiger partial charge in [-0.05, 0) is 52.4 Å². The molecule has 2 aliphatic rings. The van der Waals surface area contributed by atoms with E-state index < -0.39 is 0 Å². The summed E-state index contributed by atoms with van der Waals surface area (Å²) in [4.78, 5) is 0. The van der Waals surface area contributed by atoms with E-state index in [0.29, 0.717) is 17.8 Å². The molecule has 4 unspecified atom stereocenters. The lowest BCUT2D eigenvalue weighted by molar-refractivity contribution is -0.0899. The molecule has 1 aliphatic heterocycles. The molecule has 2 nitrogen and oxygen atoms in total. The molecule has 0 amide bonds. The third-order valence-electron chi connectivity index (χ3n) is 4.17. The first-order valence-corrected chi connectivity index (χ1v) is 6.11. The Morgan fingerprint density at radius 1 is 1.27 bits per heavy atom. The maximum atomic E-state index is 10.3. The molecular formula is C13H24O2. The molecule has 1 saturated carbocycles. The fraction of sp³-hybridized carbons (Fsp3) is 1.00. The van der Waals surface area contributed by atoms with Crippen molar-refractivity contribution < 1.29 is 9.84 Å². The minimum absolute atomic E-state index is 0.0761. The highest BCUT2D eigenvalue weighted by atomic mass is 16.5. The van der Waals surface area contributed by atoms with Gasteiger partial charge >= 0.3 is 0 Å². The Morgan fingerprint density at radius 2 is 1.80 bits per heavy atom. The van der Waals surface area contributed by atoms with Crippen LogP contribution in [0.5, 0.6) is 0 Å². The Hall–Kier alpha value is -0.0800. The van der Waals surface area contributed by atoms with Gasteiger partial charge in [0, 0.05) is 5.92 Å². The average Bonchev–Trinajstić information content (AvgIpc) is 2.69. The zero-order valence-corrected chi connectivity index (χ0v) is 10.6. The molecule has 2 rings (SSSR count). The van der Waals surface area contributed by atoms with Gasteiger partial charge in [-0.3, -0.25) is 0 Å². The van der Waals surface area contributed by atoms with Crippen molar-refractivity contribution in [3.05, 3.63) is 0 Å². The lowest BCUT2D eigenvalue weighted by Crippen LogP contribution is -2.37. The summed E-state index contributed by atoms with van der Waals surface area (Å²) in [5.74, 6) is 1.52. The van der Waals surface area contributed by atoms with Gasteiger partial charge in [0.15, 0.2) is 0 Å². The maximum absolute atomic E-state index is 10.3.